The fourth-order valence-corrected chi connectivity index (χ4v) is 7.67. The van der Waals surface area contributed by atoms with Gasteiger partial charge >= 0.3 is 0 Å². The Bertz CT molecular complexity index is 2790. The normalized spacial score (nSPS) is 11.8. The number of aromatic nitrogens is 2. The lowest BCUT2D eigenvalue weighted by Crippen LogP contribution is -2.01. The van der Waals surface area contributed by atoms with E-state index in [0.29, 0.717) is 0 Å². The van der Waals surface area contributed by atoms with Crippen LogP contribution >= 0.6 is 0 Å². The molecule has 1 aromatic heterocycles. The first-order chi connectivity index (χ1) is 23.3. The van der Waals surface area contributed by atoms with Crippen LogP contribution in [0, 0.1) is 0 Å². The molecule has 0 aliphatic rings. The molecular formula is C45H28N2. The van der Waals surface area contributed by atoms with E-state index in [4.69, 9.17) is 4.98 Å². The summed E-state index contributed by atoms with van der Waals surface area (Å²) in [7, 11) is 0. The number of imidazole rings is 1. The molecule has 2 nitrogen and oxygen atoms in total. The SMILES string of the molecule is c1ccc(-c2nc3ccccc3n2-c2c3ccccc3c(-c3cccc4c3ccc3cc5ccccc5cc34)c3ccccc23)cc1. The van der Waals surface area contributed by atoms with Crippen molar-refractivity contribution in [2.75, 3.05) is 0 Å². The zero-order chi connectivity index (χ0) is 30.9. The average molecular weight is 597 g/mol. The third-order valence-electron chi connectivity index (χ3n) is 9.73. The second kappa shape index (κ2) is 10.1. The lowest BCUT2D eigenvalue weighted by Gasteiger charge is -2.21. The van der Waals surface area contributed by atoms with Gasteiger partial charge in [0.25, 0.3) is 0 Å². The average Bonchev–Trinajstić information content (AvgIpc) is 3.52. The topological polar surface area (TPSA) is 17.8 Å². The van der Waals surface area contributed by atoms with Gasteiger partial charge in [-0.2, -0.15) is 0 Å². The van der Waals surface area contributed by atoms with Crippen molar-refractivity contribution in [2.45, 2.75) is 0 Å². The van der Waals surface area contributed by atoms with Gasteiger partial charge in [0, 0.05) is 16.3 Å². The number of hydrogen-bond donors (Lipinski definition) is 0. The predicted octanol–water partition coefficient (Wildman–Crippen LogP) is 12.1. The summed E-state index contributed by atoms with van der Waals surface area (Å²) < 4.78 is 2.38. The maximum atomic E-state index is 5.21. The molecule has 0 saturated heterocycles. The summed E-state index contributed by atoms with van der Waals surface area (Å²) in [5.41, 5.74) is 6.83. The Hall–Kier alpha value is -6.25. The smallest absolute Gasteiger partial charge is 0.145 e. The van der Waals surface area contributed by atoms with Crippen LogP contribution in [0.1, 0.15) is 0 Å². The van der Waals surface area contributed by atoms with Gasteiger partial charge in [-0.3, -0.25) is 4.57 Å². The molecule has 0 aliphatic carbocycles. The second-order valence-corrected chi connectivity index (χ2v) is 12.3. The molecule has 0 fully saturated rings. The van der Waals surface area contributed by atoms with Crippen molar-refractivity contribution in [3.05, 3.63) is 170 Å². The van der Waals surface area contributed by atoms with Crippen molar-refractivity contribution >= 4 is 64.9 Å². The highest BCUT2D eigenvalue weighted by atomic mass is 15.1. The molecule has 0 N–H and O–H groups in total. The zero-order valence-corrected chi connectivity index (χ0v) is 25.6. The minimum atomic E-state index is 0.943. The number of nitrogens with zero attached hydrogens (tertiary/aromatic N) is 2. The maximum absolute atomic E-state index is 5.21. The summed E-state index contributed by atoms with van der Waals surface area (Å²) in [6, 6.07) is 61.5. The van der Waals surface area contributed by atoms with Crippen LogP contribution < -0.4 is 0 Å². The number of para-hydroxylation sites is 2. The number of fused-ring (bicyclic) bond motifs is 7. The maximum Gasteiger partial charge on any atom is 0.145 e. The number of rotatable bonds is 3. The molecule has 0 atom stereocenters. The molecular weight excluding hydrogens is 569 g/mol. The summed E-state index contributed by atoms with van der Waals surface area (Å²) in [5, 5.41) is 12.5. The Morgan fingerprint density at radius 3 is 1.77 bits per heavy atom. The summed E-state index contributed by atoms with van der Waals surface area (Å²) in [4.78, 5) is 5.21. The highest BCUT2D eigenvalue weighted by Gasteiger charge is 2.22. The van der Waals surface area contributed by atoms with Gasteiger partial charge in [-0.05, 0) is 78.5 Å². The first-order valence-electron chi connectivity index (χ1n) is 16.1. The first-order valence-corrected chi connectivity index (χ1v) is 16.1. The van der Waals surface area contributed by atoms with Gasteiger partial charge in [0.05, 0.1) is 16.7 Å². The van der Waals surface area contributed by atoms with E-state index in [1.165, 1.54) is 65.0 Å². The monoisotopic (exact) mass is 596 g/mol. The van der Waals surface area contributed by atoms with Gasteiger partial charge in [-0.15, -0.1) is 0 Å². The molecule has 1 heterocycles. The number of hydrogen-bond acceptors (Lipinski definition) is 1. The highest BCUT2D eigenvalue weighted by molar-refractivity contribution is 6.23. The zero-order valence-electron chi connectivity index (χ0n) is 25.6. The van der Waals surface area contributed by atoms with Crippen LogP contribution in [0.15, 0.2) is 170 Å². The van der Waals surface area contributed by atoms with Crippen LogP contribution in [0.2, 0.25) is 0 Å². The van der Waals surface area contributed by atoms with E-state index in [-0.39, 0.29) is 0 Å². The van der Waals surface area contributed by atoms with Gasteiger partial charge in [-0.1, -0.05) is 146 Å². The largest absolute Gasteiger partial charge is 0.291 e. The fourth-order valence-electron chi connectivity index (χ4n) is 7.67. The van der Waals surface area contributed by atoms with E-state index in [1.807, 2.05) is 0 Å². The van der Waals surface area contributed by atoms with Crippen molar-refractivity contribution in [3.8, 4) is 28.2 Å². The predicted molar refractivity (Wildman–Crippen MR) is 199 cm³/mol. The van der Waals surface area contributed by atoms with Gasteiger partial charge in [-0.25, -0.2) is 4.98 Å². The summed E-state index contributed by atoms with van der Waals surface area (Å²) in [6.07, 6.45) is 0. The Balaban J connectivity index is 1.34. The van der Waals surface area contributed by atoms with Crippen molar-refractivity contribution in [1.29, 1.82) is 0 Å². The molecule has 218 valence electrons. The van der Waals surface area contributed by atoms with E-state index in [2.05, 4.69) is 174 Å². The van der Waals surface area contributed by atoms with Crippen LogP contribution in [0.4, 0.5) is 0 Å². The molecule has 0 unspecified atom stereocenters. The van der Waals surface area contributed by atoms with E-state index in [0.717, 1.165) is 28.1 Å². The molecule has 0 bridgehead atoms. The molecule has 10 aromatic rings. The Morgan fingerprint density at radius 2 is 1.00 bits per heavy atom. The van der Waals surface area contributed by atoms with Gasteiger partial charge in [0.2, 0.25) is 0 Å². The Morgan fingerprint density at radius 1 is 0.383 bits per heavy atom. The van der Waals surface area contributed by atoms with Crippen LogP contribution in [0.5, 0.6) is 0 Å². The van der Waals surface area contributed by atoms with Crippen molar-refractivity contribution in [2.24, 2.45) is 0 Å². The Labute approximate surface area is 271 Å². The van der Waals surface area contributed by atoms with E-state index < -0.39 is 0 Å². The number of benzene rings is 9. The molecule has 9 aromatic carbocycles. The summed E-state index contributed by atoms with van der Waals surface area (Å²) in [6.45, 7) is 0. The summed E-state index contributed by atoms with van der Waals surface area (Å²) in [5.74, 6) is 0.943. The van der Waals surface area contributed by atoms with Gasteiger partial charge in [0.1, 0.15) is 5.82 Å². The first kappa shape index (κ1) is 26.0. The molecule has 10 rings (SSSR count). The van der Waals surface area contributed by atoms with Crippen LogP contribution in [-0.2, 0) is 0 Å². The van der Waals surface area contributed by atoms with E-state index >= 15 is 0 Å². The lowest BCUT2D eigenvalue weighted by molar-refractivity contribution is 1.13. The van der Waals surface area contributed by atoms with E-state index in [9.17, 15) is 0 Å². The minimum absolute atomic E-state index is 0.943. The van der Waals surface area contributed by atoms with Gasteiger partial charge in [0.15, 0.2) is 0 Å². The highest BCUT2D eigenvalue weighted by Crippen LogP contribution is 2.45. The third-order valence-corrected chi connectivity index (χ3v) is 9.73. The minimum Gasteiger partial charge on any atom is -0.291 e. The van der Waals surface area contributed by atoms with E-state index in [1.54, 1.807) is 0 Å². The summed E-state index contributed by atoms with van der Waals surface area (Å²) >= 11 is 0. The molecule has 0 saturated carbocycles. The second-order valence-electron chi connectivity index (χ2n) is 12.3. The molecule has 47 heavy (non-hydrogen) atoms. The Kier molecular flexibility index (Phi) is 5.61. The van der Waals surface area contributed by atoms with Gasteiger partial charge < -0.3 is 0 Å². The quantitative estimate of drug-likeness (QED) is 0.147. The van der Waals surface area contributed by atoms with Crippen molar-refractivity contribution < 1.29 is 0 Å². The molecule has 0 spiro atoms. The molecule has 0 amide bonds. The third kappa shape index (κ3) is 3.89. The molecule has 0 aliphatic heterocycles. The van der Waals surface area contributed by atoms with Crippen molar-refractivity contribution in [1.82, 2.24) is 9.55 Å². The van der Waals surface area contributed by atoms with Crippen LogP contribution in [0.25, 0.3) is 93.1 Å². The van der Waals surface area contributed by atoms with Crippen LogP contribution in [-0.4, -0.2) is 9.55 Å². The van der Waals surface area contributed by atoms with Crippen molar-refractivity contribution in [3.63, 3.8) is 0 Å². The molecule has 0 radical (unpaired) electrons. The lowest BCUT2D eigenvalue weighted by atomic mass is 9.87. The fraction of sp³-hybridized carbons (Fsp3) is 0. The standard InChI is InChI=1S/C45H28N2/c1-2-13-29(14-3-1)45-46-41-23-10-11-24-42(41)47(45)44-38-19-8-6-17-36(38)43(37-18-7-9-20-39(37)44)35-22-12-21-33-34(35)26-25-32-27-30-15-4-5-16-31(30)28-40(32)33/h1-28H. The molecule has 2 heteroatoms. The van der Waals surface area contributed by atoms with Crippen LogP contribution in [0.3, 0.4) is 0 Å².